The highest BCUT2D eigenvalue weighted by Gasteiger charge is 2.42. The van der Waals surface area contributed by atoms with E-state index in [2.05, 4.69) is 0 Å². The smallest absolute Gasteiger partial charge is 0.251 e. The Morgan fingerprint density at radius 3 is 1.74 bits per heavy atom. The molecule has 1 fully saturated rings. The molecular weight excluding hydrogens is 308 g/mol. The van der Waals surface area contributed by atoms with E-state index in [1.807, 2.05) is 13.8 Å². The average Bonchev–Trinajstić information content (AvgIpc) is 2.90. The lowest BCUT2D eigenvalue weighted by molar-refractivity contribution is -0.186. The highest BCUT2D eigenvalue weighted by molar-refractivity contribution is 4.87. The molecule has 1 saturated heterocycles. The van der Waals surface area contributed by atoms with Crippen molar-refractivity contribution in [1.29, 1.82) is 0 Å². The predicted molar refractivity (Wildman–Crippen MR) is 83.2 cm³/mol. The van der Waals surface area contributed by atoms with E-state index >= 15 is 0 Å². The molecule has 0 aromatic rings. The van der Waals surface area contributed by atoms with Crippen molar-refractivity contribution in [3.05, 3.63) is 0 Å². The zero-order valence-corrected chi connectivity index (χ0v) is 14.2. The minimum Gasteiger partial charge on any atom is -0.368 e. The van der Waals surface area contributed by atoms with Gasteiger partial charge in [0.1, 0.15) is 0 Å². The molecule has 0 spiro atoms. The molecule has 2 N–H and O–H groups in total. The summed E-state index contributed by atoms with van der Waals surface area (Å²) in [5, 5.41) is 20.4. The summed E-state index contributed by atoms with van der Waals surface area (Å²) in [6.45, 7) is 5.06. The molecule has 0 aromatic heterocycles. The van der Waals surface area contributed by atoms with Crippen molar-refractivity contribution in [1.82, 2.24) is 4.90 Å². The predicted octanol–water partition coefficient (Wildman–Crippen LogP) is 2.07. The maximum Gasteiger partial charge on any atom is 0.251 e. The topological polar surface area (TPSA) is 62.2 Å². The molecule has 138 valence electrons. The molecule has 1 aliphatic rings. The minimum absolute atomic E-state index is 0.274. The summed E-state index contributed by atoms with van der Waals surface area (Å²) in [6, 6.07) is 0. The van der Waals surface area contributed by atoms with Crippen LogP contribution in [0.25, 0.3) is 0 Å². The van der Waals surface area contributed by atoms with Gasteiger partial charge in [-0.2, -0.15) is 0 Å². The maximum absolute atomic E-state index is 12.6. The number of halogens is 2. The molecular formula is C16H31F2NO4. The molecule has 1 heterocycles. The van der Waals surface area contributed by atoms with Crippen molar-refractivity contribution in [2.45, 2.75) is 58.5 Å². The number of hydrogen-bond acceptors (Lipinski definition) is 5. The third-order valence-electron chi connectivity index (χ3n) is 4.19. The van der Waals surface area contributed by atoms with Gasteiger partial charge in [-0.25, -0.2) is 8.78 Å². The van der Waals surface area contributed by atoms with Gasteiger partial charge in [0.15, 0.2) is 12.6 Å². The van der Waals surface area contributed by atoms with Gasteiger partial charge in [0.05, 0.1) is 6.54 Å². The first-order chi connectivity index (χ1) is 11.0. The normalized spacial score (nSPS) is 25.2. The summed E-state index contributed by atoms with van der Waals surface area (Å²) in [5.74, 6) is -0.857. The van der Waals surface area contributed by atoms with E-state index in [9.17, 15) is 19.0 Å². The molecule has 0 aromatic carbocycles. The highest BCUT2D eigenvalue weighted by Crippen LogP contribution is 2.31. The quantitative estimate of drug-likeness (QED) is 0.421. The third-order valence-corrected chi connectivity index (χ3v) is 4.19. The van der Waals surface area contributed by atoms with Crippen molar-refractivity contribution in [2.75, 3.05) is 32.8 Å². The summed E-state index contributed by atoms with van der Waals surface area (Å²) < 4.78 is 36.0. The Morgan fingerprint density at radius 1 is 0.957 bits per heavy atom. The van der Waals surface area contributed by atoms with E-state index in [-0.39, 0.29) is 19.6 Å². The molecule has 4 atom stereocenters. The average molecular weight is 339 g/mol. The number of likely N-dealkylation sites (tertiary alicyclic amines) is 1. The fourth-order valence-corrected chi connectivity index (χ4v) is 2.83. The number of nitrogens with zero attached hydrogens (tertiary/aromatic N) is 1. The Labute approximate surface area is 137 Å². The van der Waals surface area contributed by atoms with Crippen LogP contribution in [-0.2, 0) is 9.47 Å². The summed E-state index contributed by atoms with van der Waals surface area (Å²) >= 11 is 0. The van der Waals surface area contributed by atoms with Gasteiger partial charge in [-0.05, 0) is 12.8 Å². The van der Waals surface area contributed by atoms with Gasteiger partial charge in [0.2, 0.25) is 0 Å². The van der Waals surface area contributed by atoms with E-state index in [0.717, 1.165) is 25.7 Å². The standard InChI is InChI=1S/C16H31F2NO4/c1-3-5-7-22-15(20)12-9-19(11-14(17)18)10-13(12)16(21)23-8-6-4-2/h12-16,20-21H,3-11H2,1-2H3/t12-,13+,15?,16?. The third kappa shape index (κ3) is 7.39. The lowest BCUT2D eigenvalue weighted by Crippen LogP contribution is -2.37. The first-order valence-electron chi connectivity index (χ1n) is 8.59. The van der Waals surface area contributed by atoms with Crippen LogP contribution in [0.3, 0.4) is 0 Å². The van der Waals surface area contributed by atoms with E-state index in [1.165, 1.54) is 0 Å². The fourth-order valence-electron chi connectivity index (χ4n) is 2.83. The lowest BCUT2D eigenvalue weighted by atomic mass is 9.94. The second-order valence-electron chi connectivity index (χ2n) is 6.17. The molecule has 0 amide bonds. The molecule has 7 heteroatoms. The molecule has 0 saturated carbocycles. The van der Waals surface area contributed by atoms with Gasteiger partial charge in [-0.3, -0.25) is 4.90 Å². The van der Waals surface area contributed by atoms with Crippen molar-refractivity contribution < 1.29 is 28.5 Å². The van der Waals surface area contributed by atoms with Crippen LogP contribution in [0.5, 0.6) is 0 Å². The number of aliphatic hydroxyl groups excluding tert-OH is 2. The largest absolute Gasteiger partial charge is 0.368 e. The Morgan fingerprint density at radius 2 is 1.39 bits per heavy atom. The zero-order valence-electron chi connectivity index (χ0n) is 14.2. The van der Waals surface area contributed by atoms with E-state index in [4.69, 9.17) is 9.47 Å². The minimum atomic E-state index is -2.44. The number of rotatable bonds is 12. The number of ether oxygens (including phenoxy) is 2. The first kappa shape index (κ1) is 20.7. The van der Waals surface area contributed by atoms with Crippen LogP contribution in [0.2, 0.25) is 0 Å². The van der Waals surface area contributed by atoms with Crippen LogP contribution in [0.15, 0.2) is 0 Å². The zero-order chi connectivity index (χ0) is 17.2. The summed E-state index contributed by atoms with van der Waals surface area (Å²) in [7, 11) is 0. The number of alkyl halides is 2. The van der Waals surface area contributed by atoms with Crippen LogP contribution in [0.1, 0.15) is 39.5 Å². The molecule has 23 heavy (non-hydrogen) atoms. The van der Waals surface area contributed by atoms with Gasteiger partial charge >= 0.3 is 0 Å². The second kappa shape index (κ2) is 11.3. The lowest BCUT2D eigenvalue weighted by Gasteiger charge is -2.27. The molecule has 0 bridgehead atoms. The SMILES string of the molecule is CCCCOC(O)[C@H]1CN(CC(F)F)C[C@H]1C(O)OCCCC. The molecule has 1 aliphatic heterocycles. The van der Waals surface area contributed by atoms with Crippen LogP contribution in [0.4, 0.5) is 8.78 Å². The Bertz CT molecular complexity index is 286. The highest BCUT2D eigenvalue weighted by atomic mass is 19.3. The van der Waals surface area contributed by atoms with Crippen LogP contribution >= 0.6 is 0 Å². The van der Waals surface area contributed by atoms with Gasteiger partial charge in [0, 0.05) is 38.1 Å². The van der Waals surface area contributed by atoms with Gasteiger partial charge in [0.25, 0.3) is 6.43 Å². The van der Waals surface area contributed by atoms with E-state index in [1.54, 1.807) is 4.90 Å². The second-order valence-corrected chi connectivity index (χ2v) is 6.17. The maximum atomic E-state index is 12.6. The summed E-state index contributed by atoms with van der Waals surface area (Å²) in [6.07, 6.45) is -1.04. The van der Waals surface area contributed by atoms with Crippen molar-refractivity contribution in [3.8, 4) is 0 Å². The fraction of sp³-hybridized carbons (Fsp3) is 1.00. The van der Waals surface area contributed by atoms with Gasteiger partial charge in [-0.15, -0.1) is 0 Å². The number of aliphatic hydroxyl groups is 2. The summed E-state index contributed by atoms with van der Waals surface area (Å²) in [4.78, 5) is 1.55. The Kier molecular flexibility index (Phi) is 10.1. The van der Waals surface area contributed by atoms with Crippen LogP contribution in [0, 0.1) is 11.8 Å². The molecule has 0 radical (unpaired) electrons. The number of unbranched alkanes of at least 4 members (excludes halogenated alkanes) is 2. The van der Waals surface area contributed by atoms with Gasteiger partial charge in [-0.1, -0.05) is 26.7 Å². The molecule has 1 rings (SSSR count). The van der Waals surface area contributed by atoms with Crippen LogP contribution < -0.4 is 0 Å². The monoisotopic (exact) mass is 339 g/mol. The van der Waals surface area contributed by atoms with Crippen molar-refractivity contribution in [2.24, 2.45) is 11.8 Å². The molecule has 5 nitrogen and oxygen atoms in total. The van der Waals surface area contributed by atoms with Gasteiger partial charge < -0.3 is 19.7 Å². The van der Waals surface area contributed by atoms with E-state index in [0.29, 0.717) is 13.2 Å². The Hall–Kier alpha value is -0.340. The molecule has 2 unspecified atom stereocenters. The van der Waals surface area contributed by atoms with Crippen molar-refractivity contribution in [3.63, 3.8) is 0 Å². The van der Waals surface area contributed by atoms with Crippen LogP contribution in [-0.4, -0.2) is 67.0 Å². The number of hydrogen-bond donors (Lipinski definition) is 2. The van der Waals surface area contributed by atoms with E-state index < -0.39 is 30.8 Å². The summed E-state index contributed by atoms with van der Waals surface area (Å²) in [5.41, 5.74) is 0. The molecule has 0 aliphatic carbocycles. The first-order valence-corrected chi connectivity index (χ1v) is 8.59. The Balaban J connectivity index is 2.59. The van der Waals surface area contributed by atoms with Crippen molar-refractivity contribution >= 4 is 0 Å².